The Morgan fingerprint density at radius 2 is 2.17 bits per heavy atom. The molecule has 2 heterocycles. The summed E-state index contributed by atoms with van der Waals surface area (Å²) in [6.07, 6.45) is 4.20. The standard InChI is InChI=1S/C17H23ClN2O3/c1-17(2,3)23-16(21)20-7-5-12(6-8-20)14-9-15(22-4)13(10-18)11-19-14/h5,9,11H,6-8,10H2,1-4H3. The second-order valence-corrected chi connectivity index (χ2v) is 6.69. The van der Waals surface area contributed by atoms with Crippen LogP contribution in [0.5, 0.6) is 5.75 Å². The minimum Gasteiger partial charge on any atom is -0.496 e. The number of hydrogen-bond acceptors (Lipinski definition) is 4. The van der Waals surface area contributed by atoms with E-state index in [1.807, 2.05) is 32.9 Å². The molecule has 23 heavy (non-hydrogen) atoms. The smallest absolute Gasteiger partial charge is 0.410 e. The van der Waals surface area contributed by atoms with E-state index in [0.717, 1.165) is 29.0 Å². The van der Waals surface area contributed by atoms with E-state index in [-0.39, 0.29) is 6.09 Å². The largest absolute Gasteiger partial charge is 0.496 e. The van der Waals surface area contributed by atoms with Gasteiger partial charge < -0.3 is 14.4 Å². The van der Waals surface area contributed by atoms with Crippen molar-refractivity contribution in [3.8, 4) is 5.75 Å². The van der Waals surface area contributed by atoms with Crippen LogP contribution >= 0.6 is 11.6 Å². The van der Waals surface area contributed by atoms with Crippen molar-refractivity contribution in [2.45, 2.75) is 38.7 Å². The highest BCUT2D eigenvalue weighted by Gasteiger charge is 2.24. The Morgan fingerprint density at radius 1 is 1.43 bits per heavy atom. The summed E-state index contributed by atoms with van der Waals surface area (Å²) in [5, 5.41) is 0. The molecule has 1 aromatic rings. The van der Waals surface area contributed by atoms with Crippen LogP contribution < -0.4 is 4.74 Å². The van der Waals surface area contributed by atoms with E-state index >= 15 is 0 Å². The fourth-order valence-corrected chi connectivity index (χ4v) is 2.53. The minimum atomic E-state index is -0.479. The van der Waals surface area contributed by atoms with Crippen LogP contribution in [0.2, 0.25) is 0 Å². The Kier molecular flexibility index (Phi) is 5.52. The van der Waals surface area contributed by atoms with E-state index in [1.165, 1.54) is 0 Å². The lowest BCUT2D eigenvalue weighted by Crippen LogP contribution is -2.39. The van der Waals surface area contributed by atoms with Gasteiger partial charge in [0.25, 0.3) is 0 Å². The number of rotatable bonds is 3. The third kappa shape index (κ3) is 4.61. The van der Waals surface area contributed by atoms with Crippen LogP contribution in [-0.2, 0) is 10.6 Å². The number of halogens is 1. The molecule has 0 N–H and O–H groups in total. The molecule has 0 spiro atoms. The molecule has 0 unspecified atom stereocenters. The summed E-state index contributed by atoms with van der Waals surface area (Å²) in [6, 6.07) is 1.90. The first kappa shape index (κ1) is 17.6. The maximum atomic E-state index is 12.1. The molecule has 6 heteroatoms. The van der Waals surface area contributed by atoms with Gasteiger partial charge in [-0.1, -0.05) is 6.08 Å². The van der Waals surface area contributed by atoms with Crippen molar-refractivity contribution in [3.05, 3.63) is 29.6 Å². The normalized spacial score (nSPS) is 15.2. The Balaban J connectivity index is 2.08. The molecule has 2 rings (SSSR count). The minimum absolute atomic E-state index is 0.282. The molecule has 0 atom stereocenters. The maximum absolute atomic E-state index is 12.1. The lowest BCUT2D eigenvalue weighted by Gasteiger charge is -2.29. The SMILES string of the molecule is COc1cc(C2=CCN(C(=O)OC(C)(C)C)CC2)ncc1CCl. The molecule has 0 bridgehead atoms. The fourth-order valence-electron chi connectivity index (χ4n) is 2.33. The van der Waals surface area contributed by atoms with Crippen LogP contribution in [0.3, 0.4) is 0 Å². The monoisotopic (exact) mass is 338 g/mol. The Morgan fingerprint density at radius 3 is 2.70 bits per heavy atom. The Labute approximate surface area is 142 Å². The number of pyridine rings is 1. The lowest BCUT2D eigenvalue weighted by atomic mass is 10.0. The molecule has 0 saturated carbocycles. The molecule has 1 aliphatic heterocycles. The van der Waals surface area contributed by atoms with Crippen molar-refractivity contribution >= 4 is 23.3 Å². The van der Waals surface area contributed by atoms with Crippen LogP contribution in [0.15, 0.2) is 18.3 Å². The van der Waals surface area contributed by atoms with Crippen molar-refractivity contribution in [1.82, 2.24) is 9.88 Å². The molecule has 1 amide bonds. The van der Waals surface area contributed by atoms with Crippen LogP contribution in [0, 0.1) is 0 Å². The van der Waals surface area contributed by atoms with Crippen LogP contribution in [0.1, 0.15) is 38.4 Å². The summed E-state index contributed by atoms with van der Waals surface area (Å²) in [6.45, 7) is 6.73. The zero-order valence-corrected chi connectivity index (χ0v) is 14.8. The number of ether oxygens (including phenoxy) is 2. The number of hydrogen-bond donors (Lipinski definition) is 0. The zero-order valence-electron chi connectivity index (χ0n) is 14.1. The van der Waals surface area contributed by atoms with Crippen molar-refractivity contribution in [2.24, 2.45) is 0 Å². The van der Waals surface area contributed by atoms with Crippen LogP contribution in [0.4, 0.5) is 4.79 Å². The molecular formula is C17H23ClN2O3. The fraction of sp³-hybridized carbons (Fsp3) is 0.529. The first-order valence-electron chi connectivity index (χ1n) is 7.60. The molecule has 0 aromatic carbocycles. The van der Waals surface area contributed by atoms with Gasteiger partial charge in [-0.15, -0.1) is 11.6 Å². The van der Waals surface area contributed by atoms with Crippen molar-refractivity contribution in [3.63, 3.8) is 0 Å². The van der Waals surface area contributed by atoms with E-state index in [9.17, 15) is 4.79 Å². The molecular weight excluding hydrogens is 316 g/mol. The third-order valence-corrected chi connectivity index (χ3v) is 3.79. The summed E-state index contributed by atoms with van der Waals surface area (Å²) in [5.41, 5.74) is 2.35. The summed E-state index contributed by atoms with van der Waals surface area (Å²) in [4.78, 5) is 18.2. The topological polar surface area (TPSA) is 51.7 Å². The van der Waals surface area contributed by atoms with Gasteiger partial charge in [0.05, 0.1) is 18.7 Å². The summed E-state index contributed by atoms with van der Waals surface area (Å²) < 4.78 is 10.7. The van der Waals surface area contributed by atoms with E-state index in [1.54, 1.807) is 18.2 Å². The molecule has 1 aliphatic rings. The molecule has 0 radical (unpaired) electrons. The van der Waals surface area contributed by atoms with E-state index in [2.05, 4.69) is 4.98 Å². The number of amides is 1. The number of carbonyl (C=O) groups is 1. The number of methoxy groups -OCH3 is 1. The highest BCUT2D eigenvalue weighted by molar-refractivity contribution is 6.17. The molecule has 0 fully saturated rings. The summed E-state index contributed by atoms with van der Waals surface area (Å²) >= 11 is 5.86. The van der Waals surface area contributed by atoms with Gasteiger partial charge in [0.2, 0.25) is 0 Å². The summed E-state index contributed by atoms with van der Waals surface area (Å²) in [5.74, 6) is 1.10. The highest BCUT2D eigenvalue weighted by Crippen LogP contribution is 2.27. The van der Waals surface area contributed by atoms with Crippen molar-refractivity contribution < 1.29 is 14.3 Å². The van der Waals surface area contributed by atoms with Gasteiger partial charge in [-0.25, -0.2) is 4.79 Å². The molecule has 0 saturated heterocycles. The van der Waals surface area contributed by atoms with Gasteiger partial charge >= 0.3 is 6.09 Å². The van der Waals surface area contributed by atoms with Crippen LogP contribution in [0.25, 0.3) is 5.57 Å². The zero-order chi connectivity index (χ0) is 17.0. The Hall–Kier alpha value is -1.75. The average molecular weight is 339 g/mol. The van der Waals surface area contributed by atoms with Crippen molar-refractivity contribution in [2.75, 3.05) is 20.2 Å². The lowest BCUT2D eigenvalue weighted by molar-refractivity contribution is 0.0270. The first-order valence-corrected chi connectivity index (χ1v) is 8.13. The number of aromatic nitrogens is 1. The van der Waals surface area contributed by atoms with Gasteiger partial charge in [-0.2, -0.15) is 0 Å². The maximum Gasteiger partial charge on any atom is 0.410 e. The number of alkyl halides is 1. The second-order valence-electron chi connectivity index (χ2n) is 6.42. The average Bonchev–Trinajstić information content (AvgIpc) is 2.52. The predicted octanol–water partition coefficient (Wildman–Crippen LogP) is 3.85. The van der Waals surface area contributed by atoms with Gasteiger partial charge in [0.15, 0.2) is 0 Å². The van der Waals surface area contributed by atoms with Crippen molar-refractivity contribution in [1.29, 1.82) is 0 Å². The van der Waals surface area contributed by atoms with E-state index < -0.39 is 5.60 Å². The highest BCUT2D eigenvalue weighted by atomic mass is 35.5. The van der Waals surface area contributed by atoms with E-state index in [4.69, 9.17) is 21.1 Å². The molecule has 126 valence electrons. The Bertz CT molecular complexity index is 608. The quantitative estimate of drug-likeness (QED) is 0.785. The van der Waals surface area contributed by atoms with Crippen LogP contribution in [-0.4, -0.2) is 41.8 Å². The van der Waals surface area contributed by atoms with Gasteiger partial charge in [-0.3, -0.25) is 4.98 Å². The van der Waals surface area contributed by atoms with Gasteiger partial charge in [-0.05, 0) is 32.8 Å². The third-order valence-electron chi connectivity index (χ3n) is 3.50. The molecule has 0 aliphatic carbocycles. The van der Waals surface area contributed by atoms with Gasteiger partial charge in [0.1, 0.15) is 11.4 Å². The number of nitrogens with zero attached hydrogens (tertiary/aromatic N) is 2. The van der Waals surface area contributed by atoms with E-state index in [0.29, 0.717) is 19.0 Å². The number of carbonyl (C=O) groups excluding carboxylic acids is 1. The second kappa shape index (κ2) is 7.21. The predicted molar refractivity (Wildman–Crippen MR) is 90.7 cm³/mol. The molecule has 5 nitrogen and oxygen atoms in total. The molecule has 1 aromatic heterocycles. The first-order chi connectivity index (χ1) is 10.8. The summed E-state index contributed by atoms with van der Waals surface area (Å²) in [7, 11) is 1.62. The van der Waals surface area contributed by atoms with Gasteiger partial charge in [0, 0.05) is 30.9 Å².